The lowest BCUT2D eigenvalue weighted by atomic mass is 10.1. The minimum Gasteiger partial charge on any atom is -0.379 e. The smallest absolute Gasteiger partial charge is 0.0966 e. The molecule has 0 heterocycles. The molecule has 0 fully saturated rings. The predicted octanol–water partition coefficient (Wildman–Crippen LogP) is 0.433. The van der Waals surface area contributed by atoms with Gasteiger partial charge in [0.1, 0.15) is 0 Å². The quantitative estimate of drug-likeness (QED) is 0.325. The van der Waals surface area contributed by atoms with Crippen LogP contribution in [0.3, 0.4) is 0 Å². The molecule has 0 aromatic heterocycles. The van der Waals surface area contributed by atoms with Gasteiger partial charge >= 0.3 is 0 Å². The summed E-state index contributed by atoms with van der Waals surface area (Å²) in [5.41, 5.74) is 11.0. The van der Waals surface area contributed by atoms with E-state index in [4.69, 9.17) is 20.9 Å². The SMILES string of the molecule is CC(N)CCCCNCOCCOCCCN. The van der Waals surface area contributed by atoms with Gasteiger partial charge in [0.25, 0.3) is 0 Å². The van der Waals surface area contributed by atoms with Crippen molar-refractivity contribution in [1.82, 2.24) is 5.32 Å². The molecule has 5 nitrogen and oxygen atoms in total. The van der Waals surface area contributed by atoms with Crippen molar-refractivity contribution >= 4 is 0 Å². The standard InChI is InChI=1S/C12H29N3O2/c1-12(14)5-2-3-7-15-11-17-10-9-16-8-4-6-13/h12,15H,2-11,13-14H2,1H3. The first kappa shape index (κ1) is 16.8. The zero-order valence-electron chi connectivity index (χ0n) is 11.1. The molecular weight excluding hydrogens is 218 g/mol. The van der Waals surface area contributed by atoms with Crippen molar-refractivity contribution in [3.63, 3.8) is 0 Å². The highest BCUT2D eigenvalue weighted by atomic mass is 16.5. The van der Waals surface area contributed by atoms with Crippen LogP contribution in [0, 0.1) is 0 Å². The number of ether oxygens (including phenoxy) is 2. The van der Waals surface area contributed by atoms with Crippen molar-refractivity contribution in [2.75, 3.05) is 39.6 Å². The Morgan fingerprint density at radius 1 is 1.06 bits per heavy atom. The monoisotopic (exact) mass is 247 g/mol. The molecule has 5 heteroatoms. The molecule has 0 aliphatic carbocycles. The summed E-state index contributed by atoms with van der Waals surface area (Å²) in [5.74, 6) is 0. The zero-order valence-corrected chi connectivity index (χ0v) is 11.1. The first-order valence-electron chi connectivity index (χ1n) is 6.59. The fourth-order valence-corrected chi connectivity index (χ4v) is 1.34. The topological polar surface area (TPSA) is 82.5 Å². The molecule has 1 unspecified atom stereocenters. The Labute approximate surface area is 105 Å². The van der Waals surface area contributed by atoms with Crippen LogP contribution in [0.4, 0.5) is 0 Å². The van der Waals surface area contributed by atoms with Gasteiger partial charge in [-0.05, 0) is 39.3 Å². The molecule has 0 aromatic carbocycles. The Kier molecular flexibility index (Phi) is 13.7. The molecule has 0 amide bonds. The Morgan fingerprint density at radius 2 is 1.82 bits per heavy atom. The van der Waals surface area contributed by atoms with E-state index in [1.165, 1.54) is 6.42 Å². The van der Waals surface area contributed by atoms with Crippen molar-refractivity contribution in [1.29, 1.82) is 0 Å². The summed E-state index contributed by atoms with van der Waals surface area (Å²) < 4.78 is 10.6. The van der Waals surface area contributed by atoms with E-state index in [-0.39, 0.29) is 0 Å². The third-order valence-electron chi connectivity index (χ3n) is 2.33. The van der Waals surface area contributed by atoms with Crippen LogP contribution >= 0.6 is 0 Å². The van der Waals surface area contributed by atoms with Crippen LogP contribution in [0.25, 0.3) is 0 Å². The third kappa shape index (κ3) is 15.8. The number of hydrogen-bond donors (Lipinski definition) is 3. The van der Waals surface area contributed by atoms with Gasteiger partial charge in [-0.1, -0.05) is 6.42 Å². The second-order valence-corrected chi connectivity index (χ2v) is 4.28. The predicted molar refractivity (Wildman–Crippen MR) is 70.8 cm³/mol. The van der Waals surface area contributed by atoms with Gasteiger partial charge in [-0.15, -0.1) is 0 Å². The molecule has 0 aliphatic heterocycles. The lowest BCUT2D eigenvalue weighted by Crippen LogP contribution is -2.21. The molecule has 0 saturated carbocycles. The summed E-state index contributed by atoms with van der Waals surface area (Å²) in [4.78, 5) is 0. The van der Waals surface area contributed by atoms with E-state index in [9.17, 15) is 0 Å². The molecule has 0 rings (SSSR count). The highest BCUT2D eigenvalue weighted by Crippen LogP contribution is 1.96. The van der Waals surface area contributed by atoms with Gasteiger partial charge in [0.15, 0.2) is 0 Å². The summed E-state index contributed by atoms with van der Waals surface area (Å²) in [7, 11) is 0. The molecule has 17 heavy (non-hydrogen) atoms. The number of nitrogens with one attached hydrogen (secondary N) is 1. The van der Waals surface area contributed by atoms with Gasteiger partial charge in [-0.2, -0.15) is 0 Å². The lowest BCUT2D eigenvalue weighted by Gasteiger charge is -2.07. The van der Waals surface area contributed by atoms with Crippen molar-refractivity contribution in [3.05, 3.63) is 0 Å². The van der Waals surface area contributed by atoms with E-state index >= 15 is 0 Å². The first-order valence-corrected chi connectivity index (χ1v) is 6.59. The number of unbranched alkanes of at least 4 members (excludes halogenated alkanes) is 1. The van der Waals surface area contributed by atoms with Crippen molar-refractivity contribution < 1.29 is 9.47 Å². The van der Waals surface area contributed by atoms with Gasteiger partial charge in [0, 0.05) is 12.6 Å². The summed E-state index contributed by atoms with van der Waals surface area (Å²) in [5, 5.41) is 3.22. The third-order valence-corrected chi connectivity index (χ3v) is 2.33. The van der Waals surface area contributed by atoms with Crippen LogP contribution in [0.1, 0.15) is 32.6 Å². The molecule has 0 spiro atoms. The molecule has 0 aromatic rings. The van der Waals surface area contributed by atoms with Crippen LogP contribution in [-0.2, 0) is 9.47 Å². The highest BCUT2D eigenvalue weighted by Gasteiger charge is 1.94. The Morgan fingerprint density at radius 3 is 2.53 bits per heavy atom. The Hall–Kier alpha value is -0.200. The summed E-state index contributed by atoms with van der Waals surface area (Å²) >= 11 is 0. The van der Waals surface area contributed by atoms with Crippen LogP contribution < -0.4 is 16.8 Å². The van der Waals surface area contributed by atoms with Crippen molar-refractivity contribution in [2.45, 2.75) is 38.6 Å². The van der Waals surface area contributed by atoms with E-state index in [0.29, 0.717) is 32.5 Å². The molecule has 5 N–H and O–H groups in total. The maximum atomic E-state index is 5.66. The van der Waals surface area contributed by atoms with Crippen LogP contribution in [0.15, 0.2) is 0 Å². The molecule has 0 radical (unpaired) electrons. The maximum absolute atomic E-state index is 5.66. The van der Waals surface area contributed by atoms with Gasteiger partial charge in [0.2, 0.25) is 0 Å². The molecular formula is C12H29N3O2. The summed E-state index contributed by atoms with van der Waals surface area (Å²) in [6, 6.07) is 0.317. The van der Waals surface area contributed by atoms with E-state index < -0.39 is 0 Å². The van der Waals surface area contributed by atoms with Gasteiger partial charge in [-0.25, -0.2) is 0 Å². The normalized spacial score (nSPS) is 12.9. The second-order valence-electron chi connectivity index (χ2n) is 4.28. The van der Waals surface area contributed by atoms with E-state index in [1.54, 1.807) is 0 Å². The average molecular weight is 247 g/mol. The molecule has 0 saturated heterocycles. The van der Waals surface area contributed by atoms with Crippen LogP contribution in [0.5, 0.6) is 0 Å². The number of nitrogens with two attached hydrogens (primary N) is 2. The van der Waals surface area contributed by atoms with Crippen LogP contribution in [-0.4, -0.2) is 45.7 Å². The highest BCUT2D eigenvalue weighted by molar-refractivity contribution is 4.53. The average Bonchev–Trinajstić information content (AvgIpc) is 2.30. The van der Waals surface area contributed by atoms with Gasteiger partial charge in [0.05, 0.1) is 19.9 Å². The zero-order chi connectivity index (χ0) is 12.8. The minimum absolute atomic E-state index is 0.317. The summed E-state index contributed by atoms with van der Waals surface area (Å²) in [6.07, 6.45) is 4.33. The Bertz CT molecular complexity index is 146. The minimum atomic E-state index is 0.317. The fraction of sp³-hybridized carbons (Fsp3) is 1.00. The first-order chi connectivity index (χ1) is 8.27. The maximum Gasteiger partial charge on any atom is 0.0966 e. The van der Waals surface area contributed by atoms with E-state index in [1.807, 2.05) is 6.92 Å². The lowest BCUT2D eigenvalue weighted by molar-refractivity contribution is 0.0402. The second kappa shape index (κ2) is 13.9. The van der Waals surface area contributed by atoms with Gasteiger partial charge < -0.3 is 20.9 Å². The number of rotatable bonds is 13. The molecule has 1 atom stereocenters. The van der Waals surface area contributed by atoms with Crippen LogP contribution in [0.2, 0.25) is 0 Å². The van der Waals surface area contributed by atoms with E-state index in [0.717, 1.165) is 32.4 Å². The fourth-order valence-electron chi connectivity index (χ4n) is 1.34. The molecule has 0 aliphatic rings. The van der Waals surface area contributed by atoms with Gasteiger partial charge in [-0.3, -0.25) is 5.32 Å². The Balaban J connectivity index is 2.89. The largest absolute Gasteiger partial charge is 0.379 e. The summed E-state index contributed by atoms with van der Waals surface area (Å²) in [6.45, 7) is 6.32. The number of hydrogen-bond acceptors (Lipinski definition) is 5. The van der Waals surface area contributed by atoms with Crippen molar-refractivity contribution in [3.8, 4) is 0 Å². The molecule has 0 bridgehead atoms. The molecule has 104 valence electrons. The van der Waals surface area contributed by atoms with E-state index in [2.05, 4.69) is 5.32 Å². The van der Waals surface area contributed by atoms with Crippen molar-refractivity contribution in [2.24, 2.45) is 11.5 Å².